The van der Waals surface area contributed by atoms with Crippen molar-refractivity contribution in [3.8, 4) is 0 Å². The molecular weight excluding hydrogens is 232 g/mol. The molecule has 2 aliphatic heterocycles. The van der Waals surface area contributed by atoms with Crippen LogP contribution in [0.25, 0.3) is 0 Å². The second-order valence-electron chi connectivity index (χ2n) is 5.29. The number of rotatable bonds is 4. The number of likely N-dealkylation sites (N-methyl/N-ethyl adjacent to an activating group) is 1. The lowest BCUT2D eigenvalue weighted by atomic mass is 10.2. The Morgan fingerprint density at radius 2 is 2.11 bits per heavy atom. The van der Waals surface area contributed by atoms with Crippen LogP contribution in [-0.2, 0) is 4.79 Å². The summed E-state index contributed by atoms with van der Waals surface area (Å²) in [5.74, 6) is 0.0145. The van der Waals surface area contributed by atoms with Crippen LogP contribution >= 0.6 is 0 Å². The zero-order valence-electron chi connectivity index (χ0n) is 11.1. The Morgan fingerprint density at radius 3 is 2.72 bits per heavy atom. The van der Waals surface area contributed by atoms with Gasteiger partial charge in [0.05, 0.1) is 12.1 Å². The first-order valence-corrected chi connectivity index (χ1v) is 6.75. The molecule has 0 aromatic heterocycles. The van der Waals surface area contributed by atoms with Gasteiger partial charge in [0.15, 0.2) is 0 Å². The number of β-amino-alcohol motifs (C(OH)–C–C–N with tert-alkyl or cyclic N) is 1. The molecule has 0 aromatic rings. The van der Waals surface area contributed by atoms with E-state index < -0.39 is 0 Å². The summed E-state index contributed by atoms with van der Waals surface area (Å²) in [5.41, 5.74) is 0. The minimum atomic E-state index is -0.376. The molecule has 6 heteroatoms. The maximum atomic E-state index is 11.8. The molecule has 2 heterocycles. The SMILES string of the molecule is CN1CCN(CCNC(=O)C2CC(O)CN2)CC1. The standard InChI is InChI=1S/C12H24N4O2/c1-15-4-6-16(7-5-15)3-2-13-12(18)11-8-10(17)9-14-11/h10-11,14,17H,2-9H2,1H3,(H,13,18). The van der Waals surface area contributed by atoms with Gasteiger partial charge in [0.1, 0.15) is 0 Å². The van der Waals surface area contributed by atoms with Gasteiger partial charge in [-0.1, -0.05) is 0 Å². The Labute approximate surface area is 108 Å². The third-order valence-corrected chi connectivity index (χ3v) is 3.75. The minimum absolute atomic E-state index is 0.0145. The van der Waals surface area contributed by atoms with Crippen LogP contribution in [0.5, 0.6) is 0 Å². The van der Waals surface area contributed by atoms with Crippen LogP contribution in [0.1, 0.15) is 6.42 Å². The van der Waals surface area contributed by atoms with Crippen molar-refractivity contribution in [1.29, 1.82) is 0 Å². The van der Waals surface area contributed by atoms with Gasteiger partial charge in [-0.2, -0.15) is 0 Å². The van der Waals surface area contributed by atoms with Crippen LogP contribution < -0.4 is 10.6 Å². The molecule has 104 valence electrons. The van der Waals surface area contributed by atoms with Crippen molar-refractivity contribution >= 4 is 5.91 Å². The predicted molar refractivity (Wildman–Crippen MR) is 69.4 cm³/mol. The molecule has 0 radical (unpaired) electrons. The van der Waals surface area contributed by atoms with E-state index in [1.807, 2.05) is 0 Å². The van der Waals surface area contributed by atoms with E-state index in [1.165, 1.54) is 0 Å². The van der Waals surface area contributed by atoms with Gasteiger partial charge >= 0.3 is 0 Å². The zero-order valence-corrected chi connectivity index (χ0v) is 11.1. The molecule has 2 aliphatic rings. The minimum Gasteiger partial charge on any atom is -0.392 e. The Kier molecular flexibility index (Phi) is 4.94. The van der Waals surface area contributed by atoms with Crippen molar-refractivity contribution in [2.45, 2.75) is 18.6 Å². The molecule has 2 saturated heterocycles. The molecule has 2 atom stereocenters. The molecule has 2 rings (SSSR count). The van der Waals surface area contributed by atoms with Gasteiger partial charge < -0.3 is 20.6 Å². The van der Waals surface area contributed by atoms with Crippen molar-refractivity contribution in [3.05, 3.63) is 0 Å². The topological polar surface area (TPSA) is 67.8 Å². The van der Waals surface area contributed by atoms with E-state index in [-0.39, 0.29) is 18.1 Å². The lowest BCUT2D eigenvalue weighted by molar-refractivity contribution is -0.123. The molecule has 3 N–H and O–H groups in total. The lowest BCUT2D eigenvalue weighted by Crippen LogP contribution is -2.48. The Hall–Kier alpha value is -0.690. The molecule has 0 aromatic carbocycles. The Morgan fingerprint density at radius 1 is 1.39 bits per heavy atom. The van der Waals surface area contributed by atoms with Gasteiger partial charge in [-0.3, -0.25) is 9.69 Å². The largest absolute Gasteiger partial charge is 0.392 e. The highest BCUT2D eigenvalue weighted by Crippen LogP contribution is 2.05. The second-order valence-corrected chi connectivity index (χ2v) is 5.29. The molecule has 18 heavy (non-hydrogen) atoms. The van der Waals surface area contributed by atoms with Crippen molar-refractivity contribution in [3.63, 3.8) is 0 Å². The molecule has 0 aliphatic carbocycles. The molecule has 2 unspecified atom stereocenters. The van der Waals surface area contributed by atoms with E-state index in [0.717, 1.165) is 32.7 Å². The summed E-state index contributed by atoms with van der Waals surface area (Å²) in [6, 6.07) is -0.215. The summed E-state index contributed by atoms with van der Waals surface area (Å²) in [6.45, 7) is 6.48. The third kappa shape index (κ3) is 3.91. The number of aliphatic hydroxyl groups excluding tert-OH is 1. The smallest absolute Gasteiger partial charge is 0.237 e. The summed E-state index contributed by atoms with van der Waals surface area (Å²) in [7, 11) is 2.14. The highest BCUT2D eigenvalue weighted by atomic mass is 16.3. The van der Waals surface area contributed by atoms with E-state index >= 15 is 0 Å². The lowest BCUT2D eigenvalue weighted by Gasteiger charge is -2.32. The highest BCUT2D eigenvalue weighted by Gasteiger charge is 2.27. The number of aliphatic hydroxyl groups is 1. The first-order chi connectivity index (χ1) is 8.65. The maximum Gasteiger partial charge on any atom is 0.237 e. The van der Waals surface area contributed by atoms with Crippen LogP contribution in [0, 0.1) is 0 Å². The third-order valence-electron chi connectivity index (χ3n) is 3.75. The normalized spacial score (nSPS) is 30.6. The molecular formula is C12H24N4O2. The average molecular weight is 256 g/mol. The van der Waals surface area contributed by atoms with E-state index in [4.69, 9.17) is 0 Å². The van der Waals surface area contributed by atoms with Crippen molar-refractivity contribution in [2.24, 2.45) is 0 Å². The molecule has 1 amide bonds. The number of nitrogens with zero attached hydrogens (tertiary/aromatic N) is 2. The van der Waals surface area contributed by atoms with Crippen LogP contribution in [0.15, 0.2) is 0 Å². The monoisotopic (exact) mass is 256 g/mol. The number of piperazine rings is 1. The van der Waals surface area contributed by atoms with Gasteiger partial charge in [0.25, 0.3) is 0 Å². The van der Waals surface area contributed by atoms with Gasteiger partial charge in [0.2, 0.25) is 5.91 Å². The predicted octanol–water partition coefficient (Wildman–Crippen LogP) is -1.93. The average Bonchev–Trinajstić information content (AvgIpc) is 2.78. The summed E-state index contributed by atoms with van der Waals surface area (Å²) in [4.78, 5) is 16.5. The van der Waals surface area contributed by atoms with Gasteiger partial charge in [-0.25, -0.2) is 0 Å². The summed E-state index contributed by atoms with van der Waals surface area (Å²) in [5, 5.41) is 15.3. The van der Waals surface area contributed by atoms with Crippen LogP contribution in [-0.4, -0.2) is 85.8 Å². The number of hydrogen-bond donors (Lipinski definition) is 3. The van der Waals surface area contributed by atoms with Crippen molar-refractivity contribution in [1.82, 2.24) is 20.4 Å². The molecule has 6 nitrogen and oxygen atoms in total. The van der Waals surface area contributed by atoms with Crippen LogP contribution in [0.2, 0.25) is 0 Å². The highest BCUT2D eigenvalue weighted by molar-refractivity contribution is 5.82. The van der Waals surface area contributed by atoms with Gasteiger partial charge in [0, 0.05) is 45.8 Å². The fourth-order valence-electron chi connectivity index (χ4n) is 2.45. The number of hydrogen-bond acceptors (Lipinski definition) is 5. The van der Waals surface area contributed by atoms with E-state index in [9.17, 15) is 9.90 Å². The fourth-order valence-corrected chi connectivity index (χ4v) is 2.45. The number of carbonyl (C=O) groups excluding carboxylic acids is 1. The first kappa shape index (κ1) is 13.7. The number of nitrogens with one attached hydrogen (secondary N) is 2. The van der Waals surface area contributed by atoms with E-state index in [0.29, 0.717) is 19.5 Å². The fraction of sp³-hybridized carbons (Fsp3) is 0.917. The van der Waals surface area contributed by atoms with Crippen LogP contribution in [0.3, 0.4) is 0 Å². The van der Waals surface area contributed by atoms with Crippen molar-refractivity contribution in [2.75, 3.05) is 52.9 Å². The van der Waals surface area contributed by atoms with E-state index in [2.05, 4.69) is 27.5 Å². The van der Waals surface area contributed by atoms with Gasteiger partial charge in [-0.05, 0) is 13.5 Å². The summed E-state index contributed by atoms with van der Waals surface area (Å²) in [6.07, 6.45) is 0.152. The summed E-state index contributed by atoms with van der Waals surface area (Å²) < 4.78 is 0. The van der Waals surface area contributed by atoms with Crippen LogP contribution in [0.4, 0.5) is 0 Å². The Bertz CT molecular complexity index is 279. The number of amides is 1. The first-order valence-electron chi connectivity index (χ1n) is 6.75. The zero-order chi connectivity index (χ0) is 13.0. The second kappa shape index (κ2) is 6.47. The molecule has 0 bridgehead atoms. The Balaban J connectivity index is 1.59. The maximum absolute atomic E-state index is 11.8. The quantitative estimate of drug-likeness (QED) is 0.547. The molecule has 0 spiro atoms. The van der Waals surface area contributed by atoms with Gasteiger partial charge in [-0.15, -0.1) is 0 Å². The van der Waals surface area contributed by atoms with E-state index in [1.54, 1.807) is 0 Å². The van der Waals surface area contributed by atoms with Crippen molar-refractivity contribution < 1.29 is 9.90 Å². The number of carbonyl (C=O) groups is 1. The molecule has 0 saturated carbocycles. The summed E-state index contributed by atoms with van der Waals surface area (Å²) >= 11 is 0. The molecule has 2 fully saturated rings.